The maximum Gasteiger partial charge on any atom is 0.267 e. The number of aryl methyl sites for hydroxylation is 1. The third-order valence-electron chi connectivity index (χ3n) is 3.96. The summed E-state index contributed by atoms with van der Waals surface area (Å²) >= 11 is 1.34. The smallest absolute Gasteiger partial charge is 0.267 e. The number of nitrogens with zero attached hydrogens (tertiary/aromatic N) is 1. The molecule has 0 unspecified atom stereocenters. The highest BCUT2D eigenvalue weighted by Gasteiger charge is 2.16. The summed E-state index contributed by atoms with van der Waals surface area (Å²) in [7, 11) is 1.61. The Morgan fingerprint density at radius 2 is 1.96 bits per heavy atom. The van der Waals surface area contributed by atoms with Crippen molar-refractivity contribution in [2.75, 3.05) is 25.6 Å². The first-order valence-electron chi connectivity index (χ1n) is 8.79. The van der Waals surface area contributed by atoms with Crippen molar-refractivity contribution >= 4 is 22.9 Å². The van der Waals surface area contributed by atoms with Gasteiger partial charge in [0.1, 0.15) is 23.1 Å². The number of aromatic nitrogens is 1. The first-order valence-corrected chi connectivity index (χ1v) is 9.60. The molecule has 0 radical (unpaired) electrons. The number of halogens is 1. The Kier molecular flexibility index (Phi) is 6.73. The van der Waals surface area contributed by atoms with Crippen molar-refractivity contribution in [1.82, 2.24) is 4.98 Å². The normalized spacial score (nSPS) is 10.7. The van der Waals surface area contributed by atoms with Gasteiger partial charge in [0.25, 0.3) is 5.91 Å². The molecule has 0 saturated heterocycles. The first-order chi connectivity index (χ1) is 13.5. The third kappa shape index (κ3) is 5.37. The number of carbonyl (C=O) groups excluding carboxylic acids is 1. The summed E-state index contributed by atoms with van der Waals surface area (Å²) < 4.78 is 23.6. The van der Waals surface area contributed by atoms with Gasteiger partial charge in [-0.05, 0) is 36.8 Å². The molecule has 0 aliphatic rings. The van der Waals surface area contributed by atoms with Gasteiger partial charge in [0, 0.05) is 25.3 Å². The Bertz CT molecular complexity index is 941. The van der Waals surface area contributed by atoms with Crippen LogP contribution in [0.3, 0.4) is 0 Å². The number of benzene rings is 2. The third-order valence-corrected chi connectivity index (χ3v) is 5.12. The molecule has 146 valence electrons. The first kappa shape index (κ1) is 20.0. The average molecular weight is 400 g/mol. The van der Waals surface area contributed by atoms with Crippen LogP contribution in [0.4, 0.5) is 10.1 Å². The Labute approximate surface area is 167 Å². The van der Waals surface area contributed by atoms with Gasteiger partial charge in [-0.25, -0.2) is 9.37 Å². The van der Waals surface area contributed by atoms with Crippen LogP contribution in [0, 0.1) is 12.7 Å². The minimum atomic E-state index is -0.271. The van der Waals surface area contributed by atoms with Crippen molar-refractivity contribution in [1.29, 1.82) is 0 Å². The summed E-state index contributed by atoms with van der Waals surface area (Å²) in [6.45, 7) is 2.74. The van der Waals surface area contributed by atoms with E-state index in [1.54, 1.807) is 31.4 Å². The lowest BCUT2D eigenvalue weighted by Crippen LogP contribution is -2.11. The van der Waals surface area contributed by atoms with E-state index in [0.717, 1.165) is 10.6 Å². The van der Waals surface area contributed by atoms with E-state index < -0.39 is 0 Å². The van der Waals surface area contributed by atoms with Gasteiger partial charge in [-0.1, -0.05) is 18.2 Å². The fourth-order valence-corrected chi connectivity index (χ4v) is 3.60. The summed E-state index contributed by atoms with van der Waals surface area (Å²) in [6.07, 6.45) is 0.557. The Morgan fingerprint density at radius 3 is 2.71 bits per heavy atom. The van der Waals surface area contributed by atoms with Crippen molar-refractivity contribution in [2.24, 2.45) is 0 Å². The van der Waals surface area contributed by atoms with E-state index in [-0.39, 0.29) is 11.7 Å². The average Bonchev–Trinajstić information content (AvgIpc) is 3.04. The van der Waals surface area contributed by atoms with Crippen molar-refractivity contribution in [3.8, 4) is 5.75 Å². The second kappa shape index (κ2) is 9.43. The molecule has 1 amide bonds. The second-order valence-electron chi connectivity index (χ2n) is 6.15. The molecule has 3 aromatic rings. The van der Waals surface area contributed by atoms with Crippen molar-refractivity contribution < 1.29 is 18.7 Å². The minimum absolute atomic E-state index is 0.214. The molecule has 1 N–H and O–H groups in total. The van der Waals surface area contributed by atoms with Crippen LogP contribution in [0.25, 0.3) is 0 Å². The number of anilines is 1. The molecule has 0 atom stereocenters. The number of carbonyl (C=O) groups is 1. The van der Waals surface area contributed by atoms with Gasteiger partial charge >= 0.3 is 0 Å². The largest absolute Gasteiger partial charge is 0.491 e. The highest BCUT2D eigenvalue weighted by atomic mass is 32.1. The van der Waals surface area contributed by atoms with Gasteiger partial charge in [0.15, 0.2) is 0 Å². The van der Waals surface area contributed by atoms with E-state index in [1.807, 2.05) is 19.1 Å². The second-order valence-corrected chi connectivity index (χ2v) is 7.23. The van der Waals surface area contributed by atoms with Crippen LogP contribution in [0.15, 0.2) is 48.5 Å². The summed E-state index contributed by atoms with van der Waals surface area (Å²) in [5, 5.41) is 3.70. The molecule has 3 rings (SSSR count). The number of rotatable bonds is 8. The molecule has 1 heterocycles. The van der Waals surface area contributed by atoms with E-state index in [0.29, 0.717) is 41.6 Å². The van der Waals surface area contributed by atoms with Crippen molar-refractivity contribution in [3.63, 3.8) is 0 Å². The maximum absolute atomic E-state index is 13.0. The van der Waals surface area contributed by atoms with Crippen molar-refractivity contribution in [2.45, 2.75) is 13.3 Å². The zero-order valence-corrected chi connectivity index (χ0v) is 16.5. The van der Waals surface area contributed by atoms with E-state index in [1.165, 1.54) is 23.5 Å². The fraction of sp³-hybridized carbons (Fsp3) is 0.238. The quantitative estimate of drug-likeness (QED) is 0.567. The lowest BCUT2D eigenvalue weighted by Gasteiger charge is -2.08. The molecular formula is C21H21FN2O3S. The minimum Gasteiger partial charge on any atom is -0.491 e. The number of hydrogen-bond donors (Lipinski definition) is 1. The van der Waals surface area contributed by atoms with Gasteiger partial charge in [-0.2, -0.15) is 0 Å². The number of nitrogens with one attached hydrogen (secondary N) is 1. The highest BCUT2D eigenvalue weighted by Crippen LogP contribution is 2.23. The van der Waals surface area contributed by atoms with Gasteiger partial charge in [-0.3, -0.25) is 4.79 Å². The van der Waals surface area contributed by atoms with Gasteiger partial charge in [0.05, 0.1) is 17.3 Å². The SMILES string of the molecule is COCCOc1cccc(NC(=O)c2sc(Cc3ccc(F)cc3)nc2C)c1. The molecule has 28 heavy (non-hydrogen) atoms. The monoisotopic (exact) mass is 400 g/mol. The van der Waals surface area contributed by atoms with Crippen molar-refractivity contribution in [3.05, 3.63) is 75.5 Å². The molecule has 0 fully saturated rings. The molecule has 7 heteroatoms. The molecule has 1 aromatic heterocycles. The zero-order chi connectivity index (χ0) is 19.9. The molecule has 0 aliphatic heterocycles. The van der Waals surface area contributed by atoms with Crippen LogP contribution >= 0.6 is 11.3 Å². The van der Waals surface area contributed by atoms with E-state index in [4.69, 9.17) is 9.47 Å². The predicted molar refractivity (Wildman–Crippen MR) is 108 cm³/mol. The summed E-state index contributed by atoms with van der Waals surface area (Å²) in [4.78, 5) is 17.7. The summed E-state index contributed by atoms with van der Waals surface area (Å²) in [6, 6.07) is 13.5. The molecular weight excluding hydrogens is 379 g/mol. The standard InChI is InChI=1S/C21H21FN2O3S/c1-14-20(28-19(23-14)12-15-6-8-16(22)9-7-15)21(25)24-17-4-3-5-18(13-17)27-11-10-26-2/h3-9,13H,10-12H2,1-2H3,(H,24,25). The van der Waals surface area contributed by atoms with Crippen LogP contribution in [-0.2, 0) is 11.2 Å². The summed E-state index contributed by atoms with van der Waals surface area (Å²) in [5.41, 5.74) is 2.27. The van der Waals surface area contributed by atoms with E-state index in [9.17, 15) is 9.18 Å². The molecule has 2 aromatic carbocycles. The molecule has 5 nitrogen and oxygen atoms in total. The topological polar surface area (TPSA) is 60.5 Å². The number of thiazole rings is 1. The van der Waals surface area contributed by atoms with Gasteiger partial charge in [-0.15, -0.1) is 11.3 Å². The van der Waals surface area contributed by atoms with Crippen LogP contribution in [0.2, 0.25) is 0 Å². The molecule has 0 aliphatic carbocycles. The lowest BCUT2D eigenvalue weighted by molar-refractivity contribution is 0.103. The van der Waals surface area contributed by atoms with Crippen LogP contribution in [0.1, 0.15) is 25.9 Å². The Balaban J connectivity index is 1.67. The van der Waals surface area contributed by atoms with E-state index in [2.05, 4.69) is 10.3 Å². The number of hydrogen-bond acceptors (Lipinski definition) is 5. The van der Waals surface area contributed by atoms with Gasteiger partial charge < -0.3 is 14.8 Å². The maximum atomic E-state index is 13.0. The lowest BCUT2D eigenvalue weighted by atomic mass is 10.1. The molecule has 0 bridgehead atoms. The predicted octanol–water partition coefficient (Wildman–Crippen LogP) is 4.46. The summed E-state index contributed by atoms with van der Waals surface area (Å²) in [5.74, 6) is 0.176. The van der Waals surface area contributed by atoms with Crippen LogP contribution in [-0.4, -0.2) is 31.2 Å². The van der Waals surface area contributed by atoms with Crippen LogP contribution < -0.4 is 10.1 Å². The molecule has 0 spiro atoms. The number of ether oxygens (including phenoxy) is 2. The van der Waals surface area contributed by atoms with Crippen LogP contribution in [0.5, 0.6) is 5.75 Å². The fourth-order valence-electron chi connectivity index (χ4n) is 2.61. The Morgan fingerprint density at radius 1 is 1.18 bits per heavy atom. The zero-order valence-electron chi connectivity index (χ0n) is 15.7. The van der Waals surface area contributed by atoms with E-state index >= 15 is 0 Å². The number of methoxy groups -OCH3 is 1. The number of amides is 1. The van der Waals surface area contributed by atoms with Gasteiger partial charge in [0.2, 0.25) is 0 Å². The molecule has 0 saturated carbocycles. The highest BCUT2D eigenvalue weighted by molar-refractivity contribution is 7.14. The Hall–Kier alpha value is -2.77.